The minimum absolute atomic E-state index is 0.790. The van der Waals surface area contributed by atoms with E-state index in [1.807, 2.05) is 36.1 Å². The molecule has 0 saturated heterocycles. The number of nitrogens with zero attached hydrogens (tertiary/aromatic N) is 7. The number of hydrogen-bond donors (Lipinski definition) is 2. The van der Waals surface area contributed by atoms with Gasteiger partial charge in [0.1, 0.15) is 12.0 Å². The summed E-state index contributed by atoms with van der Waals surface area (Å²) >= 11 is 0. The SMILES string of the molecule is Cc1cn(-c2cncc3[nH]c(-c4n[nH]c5cnc(-c6cncnc6)cc45)cc23)cn1. The Morgan fingerprint density at radius 1 is 0.867 bits per heavy atom. The Balaban J connectivity index is 1.52. The normalized spacial score (nSPS) is 11.5. The lowest BCUT2D eigenvalue weighted by Crippen LogP contribution is -1.91. The number of aromatic amines is 2. The second kappa shape index (κ2) is 6.31. The molecule has 9 heteroatoms. The third-order valence-electron chi connectivity index (χ3n) is 5.07. The van der Waals surface area contributed by atoms with Crippen molar-refractivity contribution in [2.75, 3.05) is 0 Å². The van der Waals surface area contributed by atoms with Crippen LogP contribution in [-0.4, -0.2) is 44.7 Å². The van der Waals surface area contributed by atoms with Gasteiger partial charge in [-0.15, -0.1) is 0 Å². The predicted octanol–water partition coefficient (Wildman–Crippen LogP) is 3.45. The fourth-order valence-corrected chi connectivity index (χ4v) is 3.63. The first-order valence-electron chi connectivity index (χ1n) is 9.34. The Morgan fingerprint density at radius 2 is 1.77 bits per heavy atom. The zero-order valence-electron chi connectivity index (χ0n) is 15.9. The van der Waals surface area contributed by atoms with Crippen LogP contribution in [0.25, 0.3) is 50.1 Å². The second-order valence-corrected chi connectivity index (χ2v) is 7.04. The van der Waals surface area contributed by atoms with E-state index in [0.717, 1.165) is 55.8 Å². The lowest BCUT2D eigenvalue weighted by molar-refractivity contribution is 1.05. The number of aromatic nitrogens is 9. The first-order chi connectivity index (χ1) is 14.8. The van der Waals surface area contributed by atoms with Crippen molar-refractivity contribution >= 4 is 21.8 Å². The molecule has 144 valence electrons. The molecule has 0 aromatic carbocycles. The summed E-state index contributed by atoms with van der Waals surface area (Å²) in [6.45, 7) is 1.96. The monoisotopic (exact) mass is 393 g/mol. The average molecular weight is 393 g/mol. The van der Waals surface area contributed by atoms with Crippen LogP contribution in [0.5, 0.6) is 0 Å². The number of imidazole rings is 1. The van der Waals surface area contributed by atoms with Gasteiger partial charge < -0.3 is 9.55 Å². The van der Waals surface area contributed by atoms with Gasteiger partial charge in [-0.05, 0) is 19.1 Å². The van der Waals surface area contributed by atoms with Crippen molar-refractivity contribution in [3.63, 3.8) is 0 Å². The topological polar surface area (TPSA) is 114 Å². The van der Waals surface area contributed by atoms with E-state index < -0.39 is 0 Å². The first kappa shape index (κ1) is 16.5. The van der Waals surface area contributed by atoms with Crippen LogP contribution in [0.3, 0.4) is 0 Å². The molecule has 0 spiro atoms. The van der Waals surface area contributed by atoms with Crippen LogP contribution in [0, 0.1) is 6.92 Å². The number of rotatable bonds is 3. The zero-order chi connectivity index (χ0) is 20.1. The van der Waals surface area contributed by atoms with E-state index in [-0.39, 0.29) is 0 Å². The fraction of sp³-hybridized carbons (Fsp3) is 0.0476. The largest absolute Gasteiger partial charge is 0.352 e. The van der Waals surface area contributed by atoms with Crippen LogP contribution >= 0.6 is 0 Å². The molecule has 6 aromatic rings. The highest BCUT2D eigenvalue weighted by Crippen LogP contribution is 2.32. The molecule has 6 aromatic heterocycles. The molecule has 0 unspecified atom stereocenters. The molecule has 0 aliphatic carbocycles. The third-order valence-corrected chi connectivity index (χ3v) is 5.07. The van der Waals surface area contributed by atoms with Gasteiger partial charge in [-0.3, -0.25) is 15.1 Å². The van der Waals surface area contributed by atoms with Crippen LogP contribution in [0.15, 0.2) is 62.0 Å². The molecule has 0 aliphatic rings. The smallest absolute Gasteiger partial charge is 0.116 e. The zero-order valence-corrected chi connectivity index (χ0v) is 15.9. The Labute approximate surface area is 169 Å². The second-order valence-electron chi connectivity index (χ2n) is 7.04. The number of H-pyrrole nitrogens is 2. The van der Waals surface area contributed by atoms with Crippen molar-refractivity contribution < 1.29 is 0 Å². The molecule has 0 bridgehead atoms. The highest BCUT2D eigenvalue weighted by molar-refractivity contribution is 5.98. The highest BCUT2D eigenvalue weighted by atomic mass is 15.1. The van der Waals surface area contributed by atoms with Crippen LogP contribution < -0.4 is 0 Å². The summed E-state index contributed by atoms with van der Waals surface area (Å²) in [6.07, 6.45) is 14.2. The van der Waals surface area contributed by atoms with E-state index in [9.17, 15) is 0 Å². The van der Waals surface area contributed by atoms with Crippen LogP contribution in [0.4, 0.5) is 0 Å². The Morgan fingerprint density at radius 3 is 2.60 bits per heavy atom. The lowest BCUT2D eigenvalue weighted by Gasteiger charge is -2.02. The van der Waals surface area contributed by atoms with Crippen LogP contribution in [0.2, 0.25) is 0 Å². The number of pyridine rings is 2. The minimum atomic E-state index is 0.790. The maximum atomic E-state index is 4.54. The first-order valence-corrected chi connectivity index (χ1v) is 9.34. The molecular weight excluding hydrogens is 378 g/mol. The lowest BCUT2D eigenvalue weighted by atomic mass is 10.1. The maximum absolute atomic E-state index is 4.54. The number of fused-ring (bicyclic) bond motifs is 2. The van der Waals surface area contributed by atoms with E-state index in [4.69, 9.17) is 0 Å². The highest BCUT2D eigenvalue weighted by Gasteiger charge is 2.15. The summed E-state index contributed by atoms with van der Waals surface area (Å²) in [6, 6.07) is 4.08. The van der Waals surface area contributed by atoms with E-state index in [0.29, 0.717) is 0 Å². The molecule has 2 N–H and O–H groups in total. The van der Waals surface area contributed by atoms with Crippen molar-refractivity contribution in [1.29, 1.82) is 0 Å². The average Bonchev–Trinajstić information content (AvgIpc) is 3.51. The Kier molecular flexibility index (Phi) is 3.48. The standard InChI is InChI=1S/C21H15N9/c1-12-9-30(11-26-12)20-8-22-6-18-14(20)2-17(27-18)21-15-3-16(13-4-23-10-24-5-13)25-7-19(15)28-29-21/h2-11,27H,1H3,(H,28,29). The molecule has 0 amide bonds. The van der Waals surface area contributed by atoms with Gasteiger partial charge in [0.2, 0.25) is 0 Å². The molecule has 0 radical (unpaired) electrons. The van der Waals surface area contributed by atoms with E-state index >= 15 is 0 Å². The quantitative estimate of drug-likeness (QED) is 0.476. The predicted molar refractivity (Wildman–Crippen MR) is 112 cm³/mol. The van der Waals surface area contributed by atoms with E-state index in [2.05, 4.69) is 46.2 Å². The number of hydrogen-bond acceptors (Lipinski definition) is 6. The van der Waals surface area contributed by atoms with Crippen molar-refractivity contribution in [1.82, 2.24) is 44.7 Å². The third kappa shape index (κ3) is 2.56. The van der Waals surface area contributed by atoms with Gasteiger partial charge in [0.15, 0.2) is 0 Å². The summed E-state index contributed by atoms with van der Waals surface area (Å²) < 4.78 is 1.97. The van der Waals surface area contributed by atoms with Crippen molar-refractivity contribution in [2.24, 2.45) is 0 Å². The van der Waals surface area contributed by atoms with Crippen LogP contribution in [0.1, 0.15) is 5.69 Å². The van der Waals surface area contributed by atoms with E-state index in [1.165, 1.54) is 6.33 Å². The van der Waals surface area contributed by atoms with Gasteiger partial charge in [-0.2, -0.15) is 5.10 Å². The summed E-state index contributed by atoms with van der Waals surface area (Å²) in [5.41, 5.74) is 7.04. The molecule has 0 fully saturated rings. The molecule has 9 nitrogen and oxygen atoms in total. The molecule has 6 heterocycles. The number of nitrogens with one attached hydrogen (secondary N) is 2. The minimum Gasteiger partial charge on any atom is -0.352 e. The van der Waals surface area contributed by atoms with Crippen molar-refractivity contribution in [2.45, 2.75) is 6.92 Å². The molecule has 0 aliphatic heterocycles. The Bertz CT molecular complexity index is 1510. The van der Waals surface area contributed by atoms with Crippen LogP contribution in [-0.2, 0) is 0 Å². The Hall–Kier alpha value is -4.40. The summed E-state index contributed by atoms with van der Waals surface area (Å²) in [7, 11) is 0. The summed E-state index contributed by atoms with van der Waals surface area (Å²) in [4.78, 5) is 24.8. The fourth-order valence-electron chi connectivity index (χ4n) is 3.63. The molecule has 0 saturated carbocycles. The van der Waals surface area contributed by atoms with Crippen molar-refractivity contribution in [3.8, 4) is 28.3 Å². The molecule has 30 heavy (non-hydrogen) atoms. The summed E-state index contributed by atoms with van der Waals surface area (Å²) in [5.74, 6) is 0. The summed E-state index contributed by atoms with van der Waals surface area (Å²) in [5, 5.41) is 9.60. The molecular formula is C21H15N9. The van der Waals surface area contributed by atoms with Gasteiger partial charge in [0.05, 0.1) is 58.7 Å². The van der Waals surface area contributed by atoms with Gasteiger partial charge in [0, 0.05) is 34.9 Å². The van der Waals surface area contributed by atoms with Crippen molar-refractivity contribution in [3.05, 3.63) is 67.7 Å². The van der Waals surface area contributed by atoms with Gasteiger partial charge >= 0.3 is 0 Å². The molecule has 6 rings (SSSR count). The molecule has 0 atom stereocenters. The van der Waals surface area contributed by atoms with Gasteiger partial charge in [-0.25, -0.2) is 15.0 Å². The van der Waals surface area contributed by atoms with Gasteiger partial charge in [0.25, 0.3) is 0 Å². The maximum Gasteiger partial charge on any atom is 0.116 e. The van der Waals surface area contributed by atoms with E-state index in [1.54, 1.807) is 24.9 Å². The number of aryl methyl sites for hydroxylation is 1. The van der Waals surface area contributed by atoms with Gasteiger partial charge in [-0.1, -0.05) is 0 Å².